The van der Waals surface area contributed by atoms with E-state index in [9.17, 15) is 0 Å². The number of likely N-dealkylation sites (tertiary alicyclic amines) is 1. The first-order valence-electron chi connectivity index (χ1n) is 9.88. The van der Waals surface area contributed by atoms with Crippen molar-refractivity contribution in [3.63, 3.8) is 0 Å². The Morgan fingerprint density at radius 2 is 1.81 bits per heavy atom. The van der Waals surface area contributed by atoms with Crippen molar-refractivity contribution in [1.29, 1.82) is 0 Å². The smallest absolute Gasteiger partial charge is 0.158 e. The van der Waals surface area contributed by atoms with Crippen molar-refractivity contribution < 1.29 is 0 Å². The molecular weight excluding hydrogens is 334 g/mol. The van der Waals surface area contributed by atoms with Gasteiger partial charge in [0.1, 0.15) is 0 Å². The molecule has 0 spiro atoms. The minimum absolute atomic E-state index is 0.0507. The second-order valence-electron chi connectivity index (χ2n) is 8.47. The number of benzene rings is 1. The van der Waals surface area contributed by atoms with Crippen molar-refractivity contribution in [3.8, 4) is 11.1 Å². The number of H-pyrrole nitrogens is 1. The van der Waals surface area contributed by atoms with E-state index >= 15 is 0 Å². The fourth-order valence-corrected chi connectivity index (χ4v) is 4.12. The lowest BCUT2D eigenvalue weighted by Crippen LogP contribution is -2.40. The molecule has 0 unspecified atom stereocenters. The highest BCUT2D eigenvalue weighted by Gasteiger charge is 2.28. The van der Waals surface area contributed by atoms with Gasteiger partial charge in [-0.2, -0.15) is 5.10 Å². The molecule has 27 heavy (non-hydrogen) atoms. The molecule has 142 valence electrons. The average Bonchev–Trinajstić information content (AvgIpc) is 3.03. The first-order valence-corrected chi connectivity index (χ1v) is 9.88. The molecule has 5 heteroatoms. The van der Waals surface area contributed by atoms with Crippen molar-refractivity contribution in [2.24, 2.45) is 0 Å². The summed E-state index contributed by atoms with van der Waals surface area (Å²) >= 11 is 0. The maximum absolute atomic E-state index is 6.16. The predicted octanol–water partition coefficient (Wildman–Crippen LogP) is 4.28. The third-order valence-electron chi connectivity index (χ3n) is 5.68. The maximum atomic E-state index is 6.16. The van der Waals surface area contributed by atoms with Gasteiger partial charge in [0.05, 0.1) is 11.1 Å². The third-order valence-corrected chi connectivity index (χ3v) is 5.68. The normalized spacial score (nSPS) is 16.1. The minimum Gasteiger partial charge on any atom is -0.382 e. The van der Waals surface area contributed by atoms with Gasteiger partial charge in [-0.15, -0.1) is 0 Å². The number of nitrogens with one attached hydrogen (secondary N) is 1. The molecule has 4 rings (SSSR count). The van der Waals surface area contributed by atoms with Crippen LogP contribution in [-0.2, 0) is 5.41 Å². The number of nitrogen functional groups attached to an aromatic ring is 1. The van der Waals surface area contributed by atoms with Crippen LogP contribution in [0, 0.1) is 6.92 Å². The lowest BCUT2D eigenvalue weighted by molar-refractivity contribution is 0.188. The highest BCUT2D eigenvalue weighted by atomic mass is 15.2. The number of fused-ring (bicyclic) bond motifs is 1. The summed E-state index contributed by atoms with van der Waals surface area (Å²) in [5.74, 6) is 0.508. The van der Waals surface area contributed by atoms with Crippen LogP contribution in [0.5, 0.6) is 0 Å². The quantitative estimate of drug-likeness (QED) is 0.726. The molecule has 2 aromatic heterocycles. The number of hydrogen-bond acceptors (Lipinski definition) is 4. The predicted molar refractivity (Wildman–Crippen MR) is 112 cm³/mol. The van der Waals surface area contributed by atoms with Crippen LogP contribution in [0.15, 0.2) is 30.3 Å². The van der Waals surface area contributed by atoms with Gasteiger partial charge in [0.25, 0.3) is 0 Å². The molecule has 0 aliphatic carbocycles. The molecule has 1 aliphatic heterocycles. The lowest BCUT2D eigenvalue weighted by Gasteiger charge is -2.34. The molecule has 3 heterocycles. The molecule has 1 fully saturated rings. The van der Waals surface area contributed by atoms with Gasteiger partial charge in [-0.25, -0.2) is 4.98 Å². The Morgan fingerprint density at radius 3 is 2.52 bits per heavy atom. The number of piperidine rings is 1. The summed E-state index contributed by atoms with van der Waals surface area (Å²) in [4.78, 5) is 7.48. The molecule has 0 radical (unpaired) electrons. The van der Waals surface area contributed by atoms with Crippen LogP contribution in [0.3, 0.4) is 0 Å². The SMILES string of the molecule is Cc1ccc(-c2cc(C(C)(C)CN3CCCCC3)nc3[nH]nc(N)c23)cc1. The molecule has 3 aromatic rings. The third kappa shape index (κ3) is 3.56. The fourth-order valence-electron chi connectivity index (χ4n) is 4.12. The summed E-state index contributed by atoms with van der Waals surface area (Å²) in [6.07, 6.45) is 3.95. The molecule has 1 saturated heterocycles. The number of pyridine rings is 1. The van der Waals surface area contributed by atoms with Crippen molar-refractivity contribution in [2.45, 2.75) is 45.4 Å². The van der Waals surface area contributed by atoms with Gasteiger partial charge in [0.15, 0.2) is 11.5 Å². The van der Waals surface area contributed by atoms with Gasteiger partial charge < -0.3 is 10.6 Å². The number of aromatic amines is 1. The van der Waals surface area contributed by atoms with E-state index in [1.807, 2.05) is 0 Å². The van der Waals surface area contributed by atoms with Crippen LogP contribution in [0.4, 0.5) is 5.82 Å². The zero-order valence-corrected chi connectivity index (χ0v) is 16.5. The van der Waals surface area contributed by atoms with Crippen LogP contribution in [0.25, 0.3) is 22.2 Å². The molecule has 0 saturated carbocycles. The second-order valence-corrected chi connectivity index (χ2v) is 8.47. The molecule has 0 amide bonds. The lowest BCUT2D eigenvalue weighted by atomic mass is 9.85. The Morgan fingerprint density at radius 1 is 1.11 bits per heavy atom. The van der Waals surface area contributed by atoms with Gasteiger partial charge in [-0.1, -0.05) is 50.1 Å². The number of nitrogens with zero attached hydrogens (tertiary/aromatic N) is 3. The molecule has 5 nitrogen and oxygen atoms in total. The summed E-state index contributed by atoms with van der Waals surface area (Å²) in [5.41, 5.74) is 11.5. The van der Waals surface area contributed by atoms with Crippen LogP contribution in [0.2, 0.25) is 0 Å². The van der Waals surface area contributed by atoms with E-state index in [1.165, 1.54) is 37.9 Å². The molecule has 0 atom stereocenters. The largest absolute Gasteiger partial charge is 0.382 e. The van der Waals surface area contributed by atoms with Crippen LogP contribution in [-0.4, -0.2) is 39.7 Å². The van der Waals surface area contributed by atoms with E-state index in [0.717, 1.165) is 34.4 Å². The maximum Gasteiger partial charge on any atom is 0.158 e. The standard InChI is InChI=1S/C22H29N5/c1-15-7-9-16(10-8-15)17-13-18(24-21-19(17)20(23)25-26-21)22(2,3)14-27-11-5-4-6-12-27/h7-10,13H,4-6,11-12,14H2,1-3H3,(H3,23,24,25,26). The first kappa shape index (κ1) is 18.0. The monoisotopic (exact) mass is 363 g/mol. The second kappa shape index (κ2) is 6.97. The van der Waals surface area contributed by atoms with Gasteiger partial charge >= 0.3 is 0 Å². The summed E-state index contributed by atoms with van der Waals surface area (Å²) in [5, 5.41) is 8.16. The van der Waals surface area contributed by atoms with Crippen molar-refractivity contribution >= 4 is 16.9 Å². The van der Waals surface area contributed by atoms with E-state index < -0.39 is 0 Å². The number of aryl methyl sites for hydroxylation is 1. The van der Waals surface area contributed by atoms with Crippen LogP contribution in [0.1, 0.15) is 44.4 Å². The zero-order valence-electron chi connectivity index (χ0n) is 16.5. The molecule has 0 bridgehead atoms. The Balaban J connectivity index is 1.78. The number of aromatic nitrogens is 3. The highest BCUT2D eigenvalue weighted by Crippen LogP contribution is 2.35. The topological polar surface area (TPSA) is 70.8 Å². The number of hydrogen-bond donors (Lipinski definition) is 2. The summed E-state index contributed by atoms with van der Waals surface area (Å²) in [6.45, 7) is 10.1. The summed E-state index contributed by atoms with van der Waals surface area (Å²) in [6, 6.07) is 10.8. The minimum atomic E-state index is -0.0507. The molecule has 3 N–H and O–H groups in total. The van der Waals surface area contributed by atoms with Crippen LogP contribution < -0.4 is 5.73 Å². The highest BCUT2D eigenvalue weighted by molar-refractivity contribution is 6.00. The van der Waals surface area contributed by atoms with E-state index in [1.54, 1.807) is 0 Å². The zero-order chi connectivity index (χ0) is 19.0. The fraction of sp³-hybridized carbons (Fsp3) is 0.455. The van der Waals surface area contributed by atoms with Crippen molar-refractivity contribution in [1.82, 2.24) is 20.1 Å². The van der Waals surface area contributed by atoms with E-state index in [0.29, 0.717) is 5.82 Å². The molecule has 1 aliphatic rings. The average molecular weight is 364 g/mol. The summed E-state index contributed by atoms with van der Waals surface area (Å²) < 4.78 is 0. The van der Waals surface area contributed by atoms with Gasteiger partial charge in [-0.05, 0) is 50.0 Å². The molecule has 1 aromatic carbocycles. The van der Waals surface area contributed by atoms with Gasteiger partial charge in [0, 0.05) is 12.0 Å². The Labute approximate surface area is 161 Å². The van der Waals surface area contributed by atoms with Gasteiger partial charge in [0.2, 0.25) is 0 Å². The Bertz CT molecular complexity index is 933. The Hall–Kier alpha value is -2.40. The van der Waals surface area contributed by atoms with Crippen molar-refractivity contribution in [3.05, 3.63) is 41.6 Å². The number of anilines is 1. The van der Waals surface area contributed by atoms with Gasteiger partial charge in [-0.3, -0.25) is 5.10 Å². The Kier molecular flexibility index (Phi) is 4.64. The van der Waals surface area contributed by atoms with E-state index in [2.05, 4.69) is 66.2 Å². The molecular formula is C22H29N5. The van der Waals surface area contributed by atoms with E-state index in [4.69, 9.17) is 10.7 Å². The summed E-state index contributed by atoms with van der Waals surface area (Å²) in [7, 11) is 0. The number of nitrogens with two attached hydrogens (primary N) is 1. The first-order chi connectivity index (χ1) is 12.9. The van der Waals surface area contributed by atoms with E-state index in [-0.39, 0.29) is 5.41 Å². The number of rotatable bonds is 4. The van der Waals surface area contributed by atoms with Crippen molar-refractivity contribution in [2.75, 3.05) is 25.4 Å². The van der Waals surface area contributed by atoms with Crippen LogP contribution >= 0.6 is 0 Å².